The highest BCUT2D eigenvalue weighted by atomic mass is 32.2. The standard InChI is InChI=1S/C9H17N3O2S/c1-5-9(2,3)12(4)15(13,14)8-6-7-10-11-8/h6-7H,5H2,1-4H3,(H,10,11). The van der Waals surface area contributed by atoms with Gasteiger partial charge in [-0.05, 0) is 26.3 Å². The number of sulfonamides is 1. The Labute approximate surface area is 90.5 Å². The lowest BCUT2D eigenvalue weighted by Crippen LogP contribution is -2.44. The van der Waals surface area contributed by atoms with Crippen LogP contribution in [0.25, 0.3) is 0 Å². The molecule has 86 valence electrons. The van der Waals surface area contributed by atoms with Crippen LogP contribution < -0.4 is 0 Å². The molecule has 0 aliphatic heterocycles. The van der Waals surface area contributed by atoms with E-state index >= 15 is 0 Å². The van der Waals surface area contributed by atoms with Crippen molar-refractivity contribution < 1.29 is 8.42 Å². The van der Waals surface area contributed by atoms with Crippen LogP contribution in [0.2, 0.25) is 0 Å². The number of rotatable bonds is 4. The average Bonchev–Trinajstić information content (AvgIpc) is 2.69. The van der Waals surface area contributed by atoms with Crippen molar-refractivity contribution in [3.8, 4) is 0 Å². The molecule has 0 aliphatic rings. The second kappa shape index (κ2) is 3.94. The SMILES string of the molecule is CCC(C)(C)N(C)S(=O)(=O)c1ccn[nH]1. The monoisotopic (exact) mass is 231 g/mol. The zero-order valence-electron chi connectivity index (χ0n) is 9.48. The molecule has 15 heavy (non-hydrogen) atoms. The number of nitrogens with zero attached hydrogens (tertiary/aromatic N) is 2. The van der Waals surface area contributed by atoms with E-state index < -0.39 is 15.6 Å². The van der Waals surface area contributed by atoms with Crippen molar-refractivity contribution in [2.75, 3.05) is 7.05 Å². The molecule has 0 spiro atoms. The van der Waals surface area contributed by atoms with Crippen LogP contribution in [0.5, 0.6) is 0 Å². The summed E-state index contributed by atoms with van der Waals surface area (Å²) in [4.78, 5) is 0. The molecule has 0 radical (unpaired) electrons. The quantitative estimate of drug-likeness (QED) is 0.847. The predicted octanol–water partition coefficient (Wildman–Crippen LogP) is 1.22. The summed E-state index contributed by atoms with van der Waals surface area (Å²) >= 11 is 0. The van der Waals surface area contributed by atoms with E-state index in [1.807, 2.05) is 20.8 Å². The third kappa shape index (κ3) is 2.21. The topological polar surface area (TPSA) is 66.1 Å². The van der Waals surface area contributed by atoms with Gasteiger partial charge in [-0.2, -0.15) is 9.40 Å². The van der Waals surface area contributed by atoms with Gasteiger partial charge in [-0.1, -0.05) is 6.92 Å². The molecule has 0 saturated heterocycles. The summed E-state index contributed by atoms with van der Waals surface area (Å²) in [6.45, 7) is 5.74. The van der Waals surface area contributed by atoms with Crippen molar-refractivity contribution in [1.29, 1.82) is 0 Å². The van der Waals surface area contributed by atoms with Crippen LogP contribution in [0.15, 0.2) is 17.3 Å². The minimum absolute atomic E-state index is 0.131. The Hall–Kier alpha value is -0.880. The van der Waals surface area contributed by atoms with Gasteiger partial charge in [0.1, 0.15) is 0 Å². The van der Waals surface area contributed by atoms with Crippen LogP contribution >= 0.6 is 0 Å². The van der Waals surface area contributed by atoms with Crippen LogP contribution in [0.1, 0.15) is 27.2 Å². The highest BCUT2D eigenvalue weighted by Gasteiger charge is 2.33. The van der Waals surface area contributed by atoms with E-state index in [0.717, 1.165) is 6.42 Å². The van der Waals surface area contributed by atoms with Crippen LogP contribution in [0.3, 0.4) is 0 Å². The first-order valence-corrected chi connectivity index (χ1v) is 6.25. The molecule has 1 aromatic rings. The molecule has 1 N–H and O–H groups in total. The van der Waals surface area contributed by atoms with Gasteiger partial charge in [-0.3, -0.25) is 5.10 Å². The van der Waals surface area contributed by atoms with Gasteiger partial charge in [0.15, 0.2) is 5.03 Å². The molecule has 0 unspecified atom stereocenters. The van der Waals surface area contributed by atoms with Gasteiger partial charge in [0.25, 0.3) is 10.0 Å². The molecule has 0 saturated carbocycles. The number of H-pyrrole nitrogens is 1. The molecule has 0 amide bonds. The van der Waals surface area contributed by atoms with Crippen LogP contribution in [0, 0.1) is 0 Å². The molecule has 1 heterocycles. The van der Waals surface area contributed by atoms with E-state index in [-0.39, 0.29) is 5.03 Å². The third-order valence-corrected chi connectivity index (χ3v) is 4.83. The molecule has 0 bridgehead atoms. The van der Waals surface area contributed by atoms with Gasteiger partial charge in [-0.25, -0.2) is 8.42 Å². The van der Waals surface area contributed by atoms with Crippen LogP contribution in [0.4, 0.5) is 0 Å². The zero-order valence-corrected chi connectivity index (χ0v) is 10.3. The maximum atomic E-state index is 12.1. The van der Waals surface area contributed by atoms with E-state index in [9.17, 15) is 8.42 Å². The summed E-state index contributed by atoms with van der Waals surface area (Å²) in [6, 6.07) is 1.46. The normalized spacial score (nSPS) is 13.4. The number of hydrogen-bond donors (Lipinski definition) is 1. The second-order valence-corrected chi connectivity index (χ2v) is 6.00. The van der Waals surface area contributed by atoms with Crippen molar-refractivity contribution in [2.45, 2.75) is 37.8 Å². The van der Waals surface area contributed by atoms with Gasteiger partial charge in [0.2, 0.25) is 0 Å². The largest absolute Gasteiger partial charge is 0.266 e. The van der Waals surface area contributed by atoms with E-state index in [1.54, 1.807) is 7.05 Å². The average molecular weight is 231 g/mol. The number of hydrogen-bond acceptors (Lipinski definition) is 3. The summed E-state index contributed by atoms with van der Waals surface area (Å²) in [5, 5.41) is 6.25. The lowest BCUT2D eigenvalue weighted by Gasteiger charge is -2.33. The Kier molecular flexibility index (Phi) is 3.20. The Morgan fingerprint density at radius 2 is 2.13 bits per heavy atom. The number of nitrogens with one attached hydrogen (secondary N) is 1. The molecule has 0 atom stereocenters. The smallest absolute Gasteiger partial charge is 0.260 e. The molecule has 5 nitrogen and oxygen atoms in total. The van der Waals surface area contributed by atoms with Crippen molar-refractivity contribution in [1.82, 2.24) is 14.5 Å². The minimum Gasteiger partial charge on any atom is -0.266 e. The van der Waals surface area contributed by atoms with Crippen molar-refractivity contribution in [3.05, 3.63) is 12.3 Å². The molecule has 0 fully saturated rings. The predicted molar refractivity (Wildman–Crippen MR) is 57.9 cm³/mol. The second-order valence-electron chi connectivity index (χ2n) is 4.06. The van der Waals surface area contributed by atoms with E-state index in [4.69, 9.17) is 0 Å². The first kappa shape index (κ1) is 12.2. The van der Waals surface area contributed by atoms with Gasteiger partial charge in [-0.15, -0.1) is 0 Å². The van der Waals surface area contributed by atoms with Gasteiger partial charge in [0, 0.05) is 12.6 Å². The lowest BCUT2D eigenvalue weighted by atomic mass is 10.0. The number of aromatic amines is 1. The Morgan fingerprint density at radius 1 is 1.53 bits per heavy atom. The fourth-order valence-corrected chi connectivity index (χ4v) is 2.56. The first-order valence-electron chi connectivity index (χ1n) is 4.81. The first-order chi connectivity index (χ1) is 6.82. The van der Waals surface area contributed by atoms with Gasteiger partial charge < -0.3 is 0 Å². The van der Waals surface area contributed by atoms with Crippen molar-refractivity contribution in [3.63, 3.8) is 0 Å². The molecule has 1 aromatic heterocycles. The van der Waals surface area contributed by atoms with Gasteiger partial charge in [0.05, 0.1) is 6.20 Å². The Balaban J connectivity index is 3.09. The summed E-state index contributed by atoms with van der Waals surface area (Å²) in [5.74, 6) is 0. The summed E-state index contributed by atoms with van der Waals surface area (Å²) in [6.07, 6.45) is 2.18. The van der Waals surface area contributed by atoms with E-state index in [1.165, 1.54) is 16.6 Å². The fourth-order valence-electron chi connectivity index (χ4n) is 1.08. The molecule has 6 heteroatoms. The minimum atomic E-state index is -3.45. The van der Waals surface area contributed by atoms with Crippen molar-refractivity contribution >= 4 is 10.0 Å². The molecule has 1 rings (SSSR count). The zero-order chi connectivity index (χ0) is 11.7. The summed E-state index contributed by atoms with van der Waals surface area (Å²) < 4.78 is 25.5. The summed E-state index contributed by atoms with van der Waals surface area (Å²) in [5.41, 5.74) is -0.399. The highest BCUT2D eigenvalue weighted by molar-refractivity contribution is 7.89. The molecule has 0 aliphatic carbocycles. The third-order valence-electron chi connectivity index (χ3n) is 2.83. The maximum Gasteiger partial charge on any atom is 0.260 e. The van der Waals surface area contributed by atoms with E-state index in [0.29, 0.717) is 0 Å². The Morgan fingerprint density at radius 3 is 2.53 bits per heavy atom. The Bertz CT molecular complexity index is 409. The maximum absolute atomic E-state index is 12.1. The van der Waals surface area contributed by atoms with Gasteiger partial charge >= 0.3 is 0 Å². The number of aromatic nitrogens is 2. The van der Waals surface area contributed by atoms with Crippen LogP contribution in [-0.4, -0.2) is 35.5 Å². The van der Waals surface area contributed by atoms with Crippen LogP contribution in [-0.2, 0) is 10.0 Å². The highest BCUT2D eigenvalue weighted by Crippen LogP contribution is 2.23. The molecular weight excluding hydrogens is 214 g/mol. The molecule has 0 aromatic carbocycles. The summed E-state index contributed by atoms with van der Waals surface area (Å²) in [7, 11) is -1.87. The lowest BCUT2D eigenvalue weighted by molar-refractivity contribution is 0.256. The molecular formula is C9H17N3O2S. The van der Waals surface area contributed by atoms with Crippen molar-refractivity contribution in [2.24, 2.45) is 0 Å². The van der Waals surface area contributed by atoms with E-state index in [2.05, 4.69) is 10.2 Å². The fraction of sp³-hybridized carbons (Fsp3) is 0.667.